The predicted molar refractivity (Wildman–Crippen MR) is 310 cm³/mol. The molecule has 0 N–H and O–H groups in total. The van der Waals surface area contributed by atoms with Crippen LogP contribution < -0.4 is 0 Å². The molecule has 0 bridgehead atoms. The first-order valence-electron chi connectivity index (χ1n) is 26.3. The Morgan fingerprint density at radius 1 is 0.214 bits per heavy atom. The number of nitrogens with zero attached hydrogens (tertiary/aromatic N) is 2. The van der Waals surface area contributed by atoms with Crippen LogP contribution in [0.1, 0.15) is 233 Å². The zero-order valence-corrected chi connectivity index (χ0v) is 49.1. The minimum absolute atomic E-state index is 0.0311. The summed E-state index contributed by atoms with van der Waals surface area (Å²) in [5.41, 5.74) is 22.8. The van der Waals surface area contributed by atoms with E-state index in [-0.39, 0.29) is 43.3 Å². The van der Waals surface area contributed by atoms with Crippen molar-refractivity contribution in [1.82, 2.24) is 9.80 Å². The van der Waals surface area contributed by atoms with Gasteiger partial charge in [-0.15, -0.1) is 0 Å². The largest absolute Gasteiger partial charge is 0.344 e. The molecule has 0 spiro atoms. The van der Waals surface area contributed by atoms with E-state index < -0.39 is 0 Å². The van der Waals surface area contributed by atoms with Crippen LogP contribution in [0, 0.1) is 0 Å². The van der Waals surface area contributed by atoms with Crippen LogP contribution in [0.5, 0.6) is 0 Å². The number of hydrogen-bond donors (Lipinski definition) is 0. The highest BCUT2D eigenvalue weighted by molar-refractivity contribution is 5.89. The number of allylic oxidation sites excluding steroid dienone is 6. The lowest BCUT2D eigenvalue weighted by Crippen LogP contribution is -2.24. The van der Waals surface area contributed by atoms with Gasteiger partial charge in [-0.25, -0.2) is 0 Å². The third kappa shape index (κ3) is 11.9. The molecule has 2 aliphatic rings. The van der Waals surface area contributed by atoms with Gasteiger partial charge in [-0.05, 0) is 194 Å². The van der Waals surface area contributed by atoms with Crippen LogP contribution in [0.25, 0.3) is 22.8 Å². The maximum Gasteiger partial charge on any atom is 0.0488 e. The summed E-state index contributed by atoms with van der Waals surface area (Å²) in [7, 11) is 4.57. The third-order valence-electron chi connectivity index (χ3n) is 14.8. The van der Waals surface area contributed by atoms with Crippen LogP contribution in [0.4, 0.5) is 0 Å². The van der Waals surface area contributed by atoms with Crippen LogP contribution in [-0.4, -0.2) is 23.9 Å². The van der Waals surface area contributed by atoms with Gasteiger partial charge in [-0.2, -0.15) is 0 Å². The van der Waals surface area contributed by atoms with E-state index in [2.05, 4.69) is 287 Å². The lowest BCUT2D eigenvalue weighted by Gasteiger charge is -2.36. The fraction of sp³-hybridized carbons (Fsp3) is 0.500. The van der Waals surface area contributed by atoms with Gasteiger partial charge in [0.1, 0.15) is 0 Å². The zero-order valence-electron chi connectivity index (χ0n) is 49.1. The summed E-state index contributed by atoms with van der Waals surface area (Å²) in [6, 6.07) is 29.5. The Hall–Kier alpha value is -4.82. The summed E-state index contributed by atoms with van der Waals surface area (Å²) in [5.74, 6) is 0. The molecular formula is C68H94N2. The zero-order chi connectivity index (χ0) is 52.9. The summed E-state index contributed by atoms with van der Waals surface area (Å²) in [6.07, 6.45) is 9.93. The van der Waals surface area contributed by atoms with Crippen LogP contribution >= 0.6 is 0 Å². The SMILES string of the molecule is CN1C(c2cc(C(C)(C)C)cc(C(C)(C)C)c2)=CC(=C2C=C(c3cc(C(C)(C)C)cc(C(C)(C)C)c3)N(C)C(c3cc(C(C)(C)C)cc(C(C)(C)C)c3)=C2)C=C1c1cc(C(C)(C)C)cc(C(C)(C)C)c1. The molecule has 4 aromatic rings. The van der Waals surface area contributed by atoms with Crippen molar-refractivity contribution in [1.29, 1.82) is 0 Å². The number of benzene rings is 4. The van der Waals surface area contributed by atoms with E-state index in [0.717, 1.165) is 0 Å². The Kier molecular flexibility index (Phi) is 14.0. The highest BCUT2D eigenvalue weighted by atomic mass is 15.1. The van der Waals surface area contributed by atoms with Crippen molar-refractivity contribution in [2.75, 3.05) is 14.1 Å². The summed E-state index contributed by atoms with van der Waals surface area (Å²) in [6.45, 7) is 56.3. The average molecular weight is 940 g/mol. The van der Waals surface area contributed by atoms with Crippen LogP contribution in [0.2, 0.25) is 0 Å². The molecule has 2 heterocycles. The summed E-state index contributed by atoms with van der Waals surface area (Å²) in [4.78, 5) is 4.95. The molecule has 0 aromatic heterocycles. The van der Waals surface area contributed by atoms with Crippen molar-refractivity contribution in [2.45, 2.75) is 209 Å². The molecule has 0 fully saturated rings. The van der Waals surface area contributed by atoms with E-state index in [0.29, 0.717) is 0 Å². The monoisotopic (exact) mass is 939 g/mol. The summed E-state index contributed by atoms with van der Waals surface area (Å²) in [5, 5.41) is 0. The molecule has 0 radical (unpaired) electrons. The van der Waals surface area contributed by atoms with Gasteiger partial charge in [0.25, 0.3) is 0 Å². The van der Waals surface area contributed by atoms with E-state index in [1.807, 2.05) is 0 Å². The fourth-order valence-electron chi connectivity index (χ4n) is 9.33. The third-order valence-corrected chi connectivity index (χ3v) is 14.8. The molecule has 2 aliphatic heterocycles. The standard InChI is InChI=1S/C68H94N2/c1-61(2,3)49-27-45(28-50(39-49)62(4,5)6)57-35-43(36-58(69(57)25)46-29-51(63(7,8)9)40-52(30-46)64(10,11)12)44-37-59(47-31-53(65(13,14)15)41-54(32-47)66(16,17)18)70(26)60(38-44)48-33-55(67(19,20)21)42-56(34-48)68(22,23)24/h27-42H,1-26H3. The molecule has 2 nitrogen and oxygen atoms in total. The maximum atomic E-state index is 2.48. The fourth-order valence-corrected chi connectivity index (χ4v) is 9.33. The van der Waals surface area contributed by atoms with Crippen LogP contribution in [0.15, 0.2) is 108 Å². The Labute approximate surface area is 429 Å². The summed E-state index contributed by atoms with van der Waals surface area (Å²) < 4.78 is 0. The van der Waals surface area contributed by atoms with Crippen LogP contribution in [-0.2, 0) is 43.3 Å². The number of rotatable bonds is 4. The lowest BCUT2D eigenvalue weighted by molar-refractivity contribution is 0.565. The highest BCUT2D eigenvalue weighted by Crippen LogP contribution is 2.45. The van der Waals surface area contributed by atoms with Gasteiger partial charge in [-0.1, -0.05) is 190 Å². The van der Waals surface area contributed by atoms with Gasteiger partial charge >= 0.3 is 0 Å². The van der Waals surface area contributed by atoms with Crippen molar-refractivity contribution in [3.05, 3.63) is 175 Å². The van der Waals surface area contributed by atoms with Gasteiger partial charge in [-0.3, -0.25) is 0 Å². The Morgan fingerprint density at radius 2 is 0.343 bits per heavy atom. The first-order valence-corrected chi connectivity index (χ1v) is 26.3. The molecule has 4 aromatic carbocycles. The normalized spacial score (nSPS) is 16.1. The van der Waals surface area contributed by atoms with Gasteiger partial charge < -0.3 is 9.80 Å². The molecule has 0 amide bonds. The van der Waals surface area contributed by atoms with E-state index in [1.165, 1.54) is 101 Å². The minimum Gasteiger partial charge on any atom is -0.344 e. The Morgan fingerprint density at radius 3 is 0.457 bits per heavy atom. The molecule has 0 saturated heterocycles. The molecule has 0 unspecified atom stereocenters. The van der Waals surface area contributed by atoms with Crippen molar-refractivity contribution in [3.63, 3.8) is 0 Å². The average Bonchev–Trinajstić information content (AvgIpc) is 3.20. The molecule has 0 saturated carbocycles. The minimum atomic E-state index is -0.0311. The topological polar surface area (TPSA) is 6.48 Å². The van der Waals surface area contributed by atoms with Gasteiger partial charge in [0, 0.05) is 36.9 Å². The van der Waals surface area contributed by atoms with Crippen molar-refractivity contribution in [2.24, 2.45) is 0 Å². The Balaban J connectivity index is 1.83. The van der Waals surface area contributed by atoms with Gasteiger partial charge in [0.15, 0.2) is 0 Å². The van der Waals surface area contributed by atoms with Crippen molar-refractivity contribution >= 4 is 22.8 Å². The van der Waals surface area contributed by atoms with Crippen LogP contribution in [0.3, 0.4) is 0 Å². The van der Waals surface area contributed by atoms with E-state index in [1.54, 1.807) is 0 Å². The smallest absolute Gasteiger partial charge is 0.0488 e. The molecule has 6 rings (SSSR count). The maximum absolute atomic E-state index is 2.48. The summed E-state index contributed by atoms with van der Waals surface area (Å²) >= 11 is 0. The molecule has 376 valence electrons. The second-order valence-electron chi connectivity index (χ2n) is 29.3. The first-order chi connectivity index (χ1) is 31.5. The molecular weight excluding hydrogens is 845 g/mol. The molecule has 70 heavy (non-hydrogen) atoms. The second-order valence-corrected chi connectivity index (χ2v) is 29.3. The first kappa shape index (κ1) is 54.5. The molecule has 0 atom stereocenters. The van der Waals surface area contributed by atoms with Crippen molar-refractivity contribution in [3.8, 4) is 0 Å². The second kappa shape index (κ2) is 18.0. The van der Waals surface area contributed by atoms with Crippen molar-refractivity contribution < 1.29 is 0 Å². The Bertz CT molecular complexity index is 2300. The molecule has 2 heteroatoms. The molecule has 0 aliphatic carbocycles. The van der Waals surface area contributed by atoms with E-state index in [9.17, 15) is 0 Å². The highest BCUT2D eigenvalue weighted by Gasteiger charge is 2.31. The van der Waals surface area contributed by atoms with E-state index in [4.69, 9.17) is 0 Å². The van der Waals surface area contributed by atoms with Gasteiger partial charge in [0.05, 0.1) is 0 Å². The predicted octanol–water partition coefficient (Wildman–Crippen LogP) is 18.7. The quantitative estimate of drug-likeness (QED) is 0.201. The van der Waals surface area contributed by atoms with E-state index >= 15 is 0 Å². The lowest BCUT2D eigenvalue weighted by atomic mass is 9.78. The van der Waals surface area contributed by atoms with Gasteiger partial charge in [0.2, 0.25) is 0 Å². The number of hydrogen-bond acceptors (Lipinski definition) is 2.